The Hall–Kier alpha value is -3.65. The van der Waals surface area contributed by atoms with Crippen LogP contribution in [-0.2, 0) is 35.2 Å². The highest BCUT2D eigenvalue weighted by molar-refractivity contribution is 7.89. The lowest BCUT2D eigenvalue weighted by atomic mass is 9.89. The minimum Gasteiger partial charge on any atom is -0.493 e. The van der Waals surface area contributed by atoms with Gasteiger partial charge in [0.1, 0.15) is 0 Å². The normalized spacial score (nSPS) is 16.1. The van der Waals surface area contributed by atoms with Crippen LogP contribution in [0.15, 0.2) is 53.4 Å². The average molecular weight is 620 g/mol. The molecule has 1 atom stereocenters. The van der Waals surface area contributed by atoms with Gasteiger partial charge in [0.15, 0.2) is 23.0 Å². The molecule has 0 aromatic heterocycles. The molecule has 1 heterocycles. The molecule has 0 saturated heterocycles. The number of halogens is 6. The van der Waals surface area contributed by atoms with Crippen molar-refractivity contribution >= 4 is 10.0 Å². The Morgan fingerprint density at radius 1 is 0.738 bits per heavy atom. The van der Waals surface area contributed by atoms with Crippen LogP contribution < -0.4 is 18.9 Å². The van der Waals surface area contributed by atoms with Gasteiger partial charge in [-0.3, -0.25) is 0 Å². The maximum absolute atomic E-state index is 13.9. The van der Waals surface area contributed by atoms with E-state index in [9.17, 15) is 34.8 Å². The van der Waals surface area contributed by atoms with Crippen LogP contribution >= 0.6 is 0 Å². The molecule has 1 unspecified atom stereocenters. The van der Waals surface area contributed by atoms with Crippen LogP contribution in [0.3, 0.4) is 0 Å². The molecule has 14 heteroatoms. The summed E-state index contributed by atoms with van der Waals surface area (Å²) in [7, 11) is 0.762. The highest BCUT2D eigenvalue weighted by Gasteiger charge is 2.42. The summed E-state index contributed by atoms with van der Waals surface area (Å²) in [6.07, 6.45) is -10.3. The quantitative estimate of drug-likeness (QED) is 0.276. The summed E-state index contributed by atoms with van der Waals surface area (Å²) in [5, 5.41) is 0. The first-order valence-electron chi connectivity index (χ1n) is 12.4. The first kappa shape index (κ1) is 31.3. The average Bonchev–Trinajstić information content (AvgIpc) is 2.95. The van der Waals surface area contributed by atoms with Crippen molar-refractivity contribution in [2.75, 3.05) is 35.0 Å². The molecule has 3 aromatic carbocycles. The highest BCUT2D eigenvalue weighted by Crippen LogP contribution is 2.44. The van der Waals surface area contributed by atoms with Gasteiger partial charge in [0.2, 0.25) is 10.0 Å². The van der Waals surface area contributed by atoms with Crippen LogP contribution in [0.4, 0.5) is 26.3 Å². The van der Waals surface area contributed by atoms with E-state index in [0.29, 0.717) is 33.9 Å². The number of ether oxygens (including phenoxy) is 4. The van der Waals surface area contributed by atoms with Crippen LogP contribution in [0.2, 0.25) is 0 Å². The van der Waals surface area contributed by atoms with Gasteiger partial charge in [-0.25, -0.2) is 8.42 Å². The van der Waals surface area contributed by atoms with E-state index in [4.69, 9.17) is 18.9 Å². The lowest BCUT2D eigenvalue weighted by molar-refractivity contribution is -0.143. The van der Waals surface area contributed by atoms with Gasteiger partial charge in [-0.2, -0.15) is 30.6 Å². The number of alkyl halides is 6. The fourth-order valence-corrected chi connectivity index (χ4v) is 6.62. The van der Waals surface area contributed by atoms with Gasteiger partial charge in [0.25, 0.3) is 0 Å². The number of fused-ring (bicyclic) bond motifs is 1. The molecular formula is C28H27F6NO6S. The van der Waals surface area contributed by atoms with Gasteiger partial charge < -0.3 is 18.9 Å². The summed E-state index contributed by atoms with van der Waals surface area (Å²) in [6.45, 7) is -0.222. The lowest BCUT2D eigenvalue weighted by Crippen LogP contribution is -2.41. The molecule has 3 aromatic rings. The van der Waals surface area contributed by atoms with Gasteiger partial charge in [0.05, 0.1) is 50.5 Å². The number of sulfonamides is 1. The molecule has 7 nitrogen and oxygen atoms in total. The van der Waals surface area contributed by atoms with Crippen molar-refractivity contribution in [3.8, 4) is 23.0 Å². The number of methoxy groups -OCH3 is 4. The van der Waals surface area contributed by atoms with Crippen molar-refractivity contribution < 1.29 is 53.7 Å². The zero-order valence-corrected chi connectivity index (χ0v) is 23.7. The van der Waals surface area contributed by atoms with Crippen LogP contribution in [0, 0.1) is 0 Å². The molecule has 0 amide bonds. The molecule has 42 heavy (non-hydrogen) atoms. The number of hydrogen-bond donors (Lipinski definition) is 0. The zero-order chi connectivity index (χ0) is 31.0. The van der Waals surface area contributed by atoms with Gasteiger partial charge >= 0.3 is 12.4 Å². The molecule has 4 rings (SSSR count). The van der Waals surface area contributed by atoms with Gasteiger partial charge in [0, 0.05) is 6.54 Å². The van der Waals surface area contributed by atoms with Crippen molar-refractivity contribution in [2.45, 2.75) is 36.1 Å². The van der Waals surface area contributed by atoms with Crippen molar-refractivity contribution in [3.05, 3.63) is 76.3 Å². The minimum atomic E-state index is -5.22. The SMILES string of the molecule is COc1ccc(CC2c3cc(OC)c(OC)cc3CCN2S(=O)(=O)c2cc(C(F)(F)F)cc(C(F)(F)F)c2)cc1OC. The maximum Gasteiger partial charge on any atom is 0.416 e. The predicted octanol–water partition coefficient (Wildman–Crippen LogP) is 6.29. The van der Waals surface area contributed by atoms with E-state index in [1.165, 1.54) is 28.4 Å². The summed E-state index contributed by atoms with van der Waals surface area (Å²) in [5.74, 6) is 1.40. The van der Waals surface area contributed by atoms with E-state index in [2.05, 4.69) is 0 Å². The molecule has 1 aliphatic heterocycles. The van der Waals surface area contributed by atoms with Crippen LogP contribution in [-0.4, -0.2) is 47.7 Å². The smallest absolute Gasteiger partial charge is 0.416 e. The van der Waals surface area contributed by atoms with Gasteiger partial charge in [-0.1, -0.05) is 6.07 Å². The third-order valence-electron chi connectivity index (χ3n) is 7.00. The van der Waals surface area contributed by atoms with Crippen LogP contribution in [0.25, 0.3) is 0 Å². The molecule has 0 fully saturated rings. The fraction of sp³-hybridized carbons (Fsp3) is 0.357. The first-order chi connectivity index (χ1) is 19.6. The number of rotatable bonds is 8. The van der Waals surface area contributed by atoms with E-state index in [1.807, 2.05) is 0 Å². The Morgan fingerprint density at radius 3 is 1.79 bits per heavy atom. The fourth-order valence-electron chi connectivity index (χ4n) is 4.95. The molecule has 1 aliphatic rings. The van der Waals surface area contributed by atoms with Gasteiger partial charge in [-0.05, 0) is 72.0 Å². The van der Waals surface area contributed by atoms with Crippen molar-refractivity contribution in [1.29, 1.82) is 0 Å². The molecule has 0 spiro atoms. The number of nitrogens with zero attached hydrogens (tertiary/aromatic N) is 1. The largest absolute Gasteiger partial charge is 0.493 e. The summed E-state index contributed by atoms with van der Waals surface area (Å²) >= 11 is 0. The second-order valence-electron chi connectivity index (χ2n) is 9.42. The molecule has 0 aliphatic carbocycles. The van der Waals surface area contributed by atoms with E-state index >= 15 is 0 Å². The molecule has 228 valence electrons. The third-order valence-corrected chi connectivity index (χ3v) is 8.88. The predicted molar refractivity (Wildman–Crippen MR) is 140 cm³/mol. The molecule has 0 bridgehead atoms. The van der Waals surface area contributed by atoms with Crippen molar-refractivity contribution in [3.63, 3.8) is 0 Å². The summed E-state index contributed by atoms with van der Waals surface area (Å²) in [5.41, 5.74) is -1.74. The number of benzene rings is 3. The van der Waals surface area contributed by atoms with Crippen molar-refractivity contribution in [2.24, 2.45) is 0 Å². The number of hydrogen-bond acceptors (Lipinski definition) is 6. The zero-order valence-electron chi connectivity index (χ0n) is 22.9. The summed E-state index contributed by atoms with van der Waals surface area (Å²) in [4.78, 5) is -1.12. The Morgan fingerprint density at radius 2 is 1.26 bits per heavy atom. The molecule has 0 saturated carbocycles. The van der Waals surface area contributed by atoms with E-state index in [-0.39, 0.29) is 43.3 Å². The summed E-state index contributed by atoms with van der Waals surface area (Å²) < 4.78 is 132. The molecule has 0 radical (unpaired) electrons. The monoisotopic (exact) mass is 619 g/mol. The Kier molecular flexibility index (Phi) is 8.61. The van der Waals surface area contributed by atoms with E-state index < -0.39 is 44.4 Å². The van der Waals surface area contributed by atoms with E-state index in [1.54, 1.807) is 30.3 Å². The standard InChI is InChI=1S/C28H27F6NO6S/c1-38-23-6-5-16(10-24(23)39-2)9-22-21-15-26(41-4)25(40-3)11-17(21)7-8-35(22)42(36,37)20-13-18(27(29,30)31)12-19(14-20)28(32,33)34/h5-6,10-15,22H,7-9H2,1-4H3. The lowest BCUT2D eigenvalue weighted by Gasteiger charge is -2.37. The second-order valence-corrected chi connectivity index (χ2v) is 11.3. The highest BCUT2D eigenvalue weighted by atomic mass is 32.2. The topological polar surface area (TPSA) is 74.3 Å². The third kappa shape index (κ3) is 6.09. The van der Waals surface area contributed by atoms with Crippen molar-refractivity contribution in [1.82, 2.24) is 4.31 Å². The maximum atomic E-state index is 13.9. The van der Waals surface area contributed by atoms with Gasteiger partial charge in [-0.15, -0.1) is 0 Å². The first-order valence-corrected chi connectivity index (χ1v) is 13.8. The molecule has 0 N–H and O–H groups in total. The second kappa shape index (κ2) is 11.6. The Balaban J connectivity index is 1.91. The summed E-state index contributed by atoms with van der Waals surface area (Å²) in [6, 6.07) is 7.42. The Labute approximate surface area is 238 Å². The van der Waals surface area contributed by atoms with E-state index in [0.717, 1.165) is 4.31 Å². The minimum absolute atomic E-state index is 0.00679. The van der Waals surface area contributed by atoms with Crippen LogP contribution in [0.5, 0.6) is 23.0 Å². The van der Waals surface area contributed by atoms with Crippen LogP contribution in [0.1, 0.15) is 33.9 Å². The Bertz CT molecular complexity index is 1540. The molecular weight excluding hydrogens is 592 g/mol.